The van der Waals surface area contributed by atoms with E-state index < -0.39 is 0 Å². The van der Waals surface area contributed by atoms with Gasteiger partial charge in [-0.3, -0.25) is 9.69 Å². The molecule has 3 aromatic rings. The standard InChI is InChI=1S/C22H23FN4O/c1-14-15(2)25-20-12-17(6-9-19(20)24-14)22(28)27-11-10-26(3)21(13-27)16-4-7-18(23)8-5-16/h4-9,12,21H,10-11,13H2,1-3H3. The van der Waals surface area contributed by atoms with Crippen LogP contribution in [0.4, 0.5) is 4.39 Å². The average molecular weight is 378 g/mol. The molecule has 2 heterocycles. The summed E-state index contributed by atoms with van der Waals surface area (Å²) in [6, 6.07) is 12.1. The maximum atomic E-state index is 13.3. The quantitative estimate of drug-likeness (QED) is 0.685. The molecule has 2 aromatic carbocycles. The zero-order valence-electron chi connectivity index (χ0n) is 16.3. The lowest BCUT2D eigenvalue weighted by atomic mass is 10.0. The lowest BCUT2D eigenvalue weighted by molar-refractivity contribution is 0.0546. The van der Waals surface area contributed by atoms with Crippen molar-refractivity contribution >= 4 is 16.9 Å². The van der Waals surface area contributed by atoms with E-state index in [1.807, 2.05) is 44.0 Å². The van der Waals surface area contributed by atoms with Gasteiger partial charge in [0, 0.05) is 25.2 Å². The molecule has 1 aliphatic heterocycles. The van der Waals surface area contributed by atoms with Crippen molar-refractivity contribution in [1.82, 2.24) is 19.8 Å². The molecule has 1 fully saturated rings. The molecular weight excluding hydrogens is 355 g/mol. The summed E-state index contributed by atoms with van der Waals surface area (Å²) in [5, 5.41) is 0. The topological polar surface area (TPSA) is 49.3 Å². The molecule has 6 heteroatoms. The molecule has 144 valence electrons. The number of likely N-dealkylation sites (N-methyl/N-ethyl adjacent to an activating group) is 1. The summed E-state index contributed by atoms with van der Waals surface area (Å²) in [5.41, 5.74) is 4.92. The van der Waals surface area contributed by atoms with Crippen LogP contribution in [-0.4, -0.2) is 52.4 Å². The van der Waals surface area contributed by atoms with Gasteiger partial charge in [0.05, 0.1) is 28.5 Å². The third-order valence-corrected chi connectivity index (χ3v) is 5.51. The zero-order chi connectivity index (χ0) is 19.8. The zero-order valence-corrected chi connectivity index (χ0v) is 16.3. The van der Waals surface area contributed by atoms with Gasteiger partial charge in [-0.05, 0) is 56.8 Å². The van der Waals surface area contributed by atoms with E-state index >= 15 is 0 Å². The van der Waals surface area contributed by atoms with E-state index in [4.69, 9.17) is 0 Å². The molecule has 1 amide bonds. The molecule has 0 aliphatic carbocycles. The number of fused-ring (bicyclic) bond motifs is 1. The second-order valence-electron chi connectivity index (χ2n) is 7.40. The van der Waals surface area contributed by atoms with Crippen LogP contribution in [0.15, 0.2) is 42.5 Å². The van der Waals surface area contributed by atoms with Crippen molar-refractivity contribution in [3.63, 3.8) is 0 Å². The Morgan fingerprint density at radius 1 is 1.00 bits per heavy atom. The van der Waals surface area contributed by atoms with Gasteiger partial charge in [0.25, 0.3) is 5.91 Å². The van der Waals surface area contributed by atoms with Gasteiger partial charge in [0.15, 0.2) is 0 Å². The molecule has 1 atom stereocenters. The van der Waals surface area contributed by atoms with Crippen molar-refractivity contribution in [2.75, 3.05) is 26.7 Å². The van der Waals surface area contributed by atoms with Gasteiger partial charge in [-0.2, -0.15) is 0 Å². The van der Waals surface area contributed by atoms with Gasteiger partial charge < -0.3 is 4.90 Å². The van der Waals surface area contributed by atoms with E-state index in [9.17, 15) is 9.18 Å². The second kappa shape index (κ2) is 7.28. The van der Waals surface area contributed by atoms with Crippen LogP contribution in [0.2, 0.25) is 0 Å². The Labute approximate surface area is 163 Å². The average Bonchev–Trinajstić information content (AvgIpc) is 2.69. The maximum absolute atomic E-state index is 13.3. The normalized spacial score (nSPS) is 17.9. The lowest BCUT2D eigenvalue weighted by Crippen LogP contribution is -2.49. The summed E-state index contributed by atoms with van der Waals surface area (Å²) < 4.78 is 13.3. The number of aryl methyl sites for hydroxylation is 2. The third kappa shape index (κ3) is 3.47. The number of piperazine rings is 1. The molecule has 0 spiro atoms. The van der Waals surface area contributed by atoms with Crippen molar-refractivity contribution < 1.29 is 9.18 Å². The van der Waals surface area contributed by atoms with Crippen molar-refractivity contribution in [1.29, 1.82) is 0 Å². The van der Waals surface area contributed by atoms with Gasteiger partial charge in [0.1, 0.15) is 5.82 Å². The SMILES string of the molecule is Cc1nc2ccc(C(=O)N3CCN(C)C(c4ccc(F)cc4)C3)cc2nc1C. The Morgan fingerprint density at radius 3 is 2.39 bits per heavy atom. The van der Waals surface area contributed by atoms with Gasteiger partial charge in [-0.15, -0.1) is 0 Å². The lowest BCUT2D eigenvalue weighted by Gasteiger charge is -2.39. The van der Waals surface area contributed by atoms with Crippen LogP contribution >= 0.6 is 0 Å². The van der Waals surface area contributed by atoms with E-state index in [2.05, 4.69) is 14.9 Å². The van der Waals surface area contributed by atoms with Gasteiger partial charge >= 0.3 is 0 Å². The van der Waals surface area contributed by atoms with E-state index in [0.717, 1.165) is 34.5 Å². The summed E-state index contributed by atoms with van der Waals surface area (Å²) >= 11 is 0. The summed E-state index contributed by atoms with van der Waals surface area (Å²) in [6.07, 6.45) is 0. The smallest absolute Gasteiger partial charge is 0.254 e. The summed E-state index contributed by atoms with van der Waals surface area (Å²) in [6.45, 7) is 5.84. The first-order valence-corrected chi connectivity index (χ1v) is 9.42. The molecular formula is C22H23FN4O. The van der Waals surface area contributed by atoms with Crippen LogP contribution in [0.5, 0.6) is 0 Å². The predicted octanol–water partition coefficient (Wildman–Crippen LogP) is 3.51. The number of halogens is 1. The fourth-order valence-electron chi connectivity index (χ4n) is 3.65. The monoisotopic (exact) mass is 378 g/mol. The van der Waals surface area contributed by atoms with Gasteiger partial charge in [-0.1, -0.05) is 12.1 Å². The molecule has 28 heavy (non-hydrogen) atoms. The molecule has 0 saturated carbocycles. The minimum absolute atomic E-state index is 0.0119. The molecule has 1 aromatic heterocycles. The minimum Gasteiger partial charge on any atom is -0.335 e. The van der Waals surface area contributed by atoms with Crippen LogP contribution in [0, 0.1) is 19.7 Å². The Hall–Kier alpha value is -2.86. The predicted molar refractivity (Wildman–Crippen MR) is 107 cm³/mol. The number of carbonyl (C=O) groups is 1. The maximum Gasteiger partial charge on any atom is 0.254 e. The highest BCUT2D eigenvalue weighted by Gasteiger charge is 2.29. The summed E-state index contributed by atoms with van der Waals surface area (Å²) in [5.74, 6) is -0.264. The number of benzene rings is 2. The molecule has 4 rings (SSSR count). The second-order valence-corrected chi connectivity index (χ2v) is 7.40. The minimum atomic E-state index is -0.252. The van der Waals surface area contributed by atoms with Crippen LogP contribution < -0.4 is 0 Å². The van der Waals surface area contributed by atoms with E-state index in [1.54, 1.807) is 12.1 Å². The highest BCUT2D eigenvalue weighted by molar-refractivity contribution is 5.97. The van der Waals surface area contributed by atoms with E-state index in [-0.39, 0.29) is 17.8 Å². The third-order valence-electron chi connectivity index (χ3n) is 5.51. The number of nitrogens with zero attached hydrogens (tertiary/aromatic N) is 4. The molecule has 0 N–H and O–H groups in total. The largest absolute Gasteiger partial charge is 0.335 e. The van der Waals surface area contributed by atoms with Crippen LogP contribution in [0.1, 0.15) is 33.4 Å². The Kier molecular flexibility index (Phi) is 4.81. The molecule has 5 nitrogen and oxygen atoms in total. The van der Waals surface area contributed by atoms with E-state index in [1.165, 1.54) is 12.1 Å². The highest BCUT2D eigenvalue weighted by Crippen LogP contribution is 2.26. The highest BCUT2D eigenvalue weighted by atomic mass is 19.1. The number of hydrogen-bond acceptors (Lipinski definition) is 4. The van der Waals surface area contributed by atoms with Crippen molar-refractivity contribution in [2.45, 2.75) is 19.9 Å². The van der Waals surface area contributed by atoms with Crippen molar-refractivity contribution in [3.8, 4) is 0 Å². The summed E-state index contributed by atoms with van der Waals surface area (Å²) in [4.78, 5) is 26.3. The summed E-state index contributed by atoms with van der Waals surface area (Å²) in [7, 11) is 2.03. The Morgan fingerprint density at radius 2 is 1.68 bits per heavy atom. The molecule has 0 radical (unpaired) electrons. The molecule has 0 bridgehead atoms. The van der Waals surface area contributed by atoms with E-state index in [0.29, 0.717) is 18.7 Å². The van der Waals surface area contributed by atoms with Crippen molar-refractivity contribution in [2.24, 2.45) is 0 Å². The molecule has 1 aliphatic rings. The fraction of sp³-hybridized carbons (Fsp3) is 0.318. The first-order valence-electron chi connectivity index (χ1n) is 9.42. The molecule has 1 saturated heterocycles. The number of rotatable bonds is 2. The van der Waals surface area contributed by atoms with Gasteiger partial charge in [-0.25, -0.2) is 14.4 Å². The first-order chi connectivity index (χ1) is 13.4. The number of amides is 1. The fourth-order valence-corrected chi connectivity index (χ4v) is 3.65. The number of aromatic nitrogens is 2. The van der Waals surface area contributed by atoms with Crippen LogP contribution in [0.25, 0.3) is 11.0 Å². The first kappa shape index (κ1) is 18.5. The number of carbonyl (C=O) groups excluding carboxylic acids is 1. The Bertz CT molecular complexity index is 1030. The van der Waals surface area contributed by atoms with Crippen LogP contribution in [0.3, 0.4) is 0 Å². The molecule has 1 unspecified atom stereocenters. The van der Waals surface area contributed by atoms with Crippen molar-refractivity contribution in [3.05, 3.63) is 70.8 Å². The van der Waals surface area contributed by atoms with Crippen LogP contribution in [-0.2, 0) is 0 Å². The number of hydrogen-bond donors (Lipinski definition) is 0. The van der Waals surface area contributed by atoms with Gasteiger partial charge in [0.2, 0.25) is 0 Å². The Balaban J connectivity index is 1.59.